The maximum atomic E-state index is 11.8. The molecular weight excluding hydrogens is 534 g/mol. The van der Waals surface area contributed by atoms with E-state index in [9.17, 15) is 14.4 Å². The van der Waals surface area contributed by atoms with Crippen LogP contribution in [0.2, 0.25) is 0 Å². The Balaban J connectivity index is 2.36. The highest BCUT2D eigenvalue weighted by molar-refractivity contribution is 5.89. The van der Waals surface area contributed by atoms with Gasteiger partial charge in [0.2, 0.25) is 0 Å². The molecule has 0 aliphatic heterocycles. The van der Waals surface area contributed by atoms with Gasteiger partial charge in [0, 0.05) is 19.6 Å². The second kappa shape index (κ2) is 20.2. The molecule has 0 fully saturated rings. The molecule has 240 valence electrons. The molecule has 0 heterocycles. The van der Waals surface area contributed by atoms with Gasteiger partial charge in [0.15, 0.2) is 0 Å². The van der Waals surface area contributed by atoms with E-state index in [-0.39, 0.29) is 18.2 Å². The first-order valence-electron chi connectivity index (χ1n) is 15.6. The van der Waals surface area contributed by atoms with E-state index in [2.05, 4.69) is 15.5 Å². The predicted octanol–water partition coefficient (Wildman–Crippen LogP) is 7.23. The number of carbonyl (C=O) groups is 3. The van der Waals surface area contributed by atoms with Crippen molar-refractivity contribution in [3.05, 3.63) is 35.4 Å². The molecule has 0 aliphatic carbocycles. The molecule has 0 aromatic heterocycles. The monoisotopic (exact) mass is 591 g/mol. The summed E-state index contributed by atoms with van der Waals surface area (Å²) < 4.78 is 15.4. The first-order chi connectivity index (χ1) is 19.8. The van der Waals surface area contributed by atoms with Crippen molar-refractivity contribution in [2.45, 2.75) is 123 Å². The van der Waals surface area contributed by atoms with Gasteiger partial charge in [-0.1, -0.05) is 50.7 Å². The number of methoxy groups -OCH3 is 1. The summed E-state index contributed by atoms with van der Waals surface area (Å²) in [6, 6.07) is 7.68. The van der Waals surface area contributed by atoms with Crippen LogP contribution in [-0.2, 0) is 20.8 Å². The number of carbonyl (C=O) groups excluding carboxylic acids is 3. The minimum absolute atomic E-state index is 0.319. The summed E-state index contributed by atoms with van der Waals surface area (Å²) in [6.07, 6.45) is 10.2. The van der Waals surface area contributed by atoms with Gasteiger partial charge in [-0.05, 0) is 98.0 Å². The Morgan fingerprint density at radius 1 is 0.643 bits per heavy atom. The topological polar surface area (TPSA) is 106 Å². The molecule has 2 amide bonds. The highest BCUT2D eigenvalue weighted by Crippen LogP contribution is 2.13. The first kappa shape index (κ1) is 37.2. The van der Waals surface area contributed by atoms with Crippen molar-refractivity contribution < 1.29 is 28.6 Å². The van der Waals surface area contributed by atoms with Gasteiger partial charge >= 0.3 is 18.2 Å². The molecule has 1 aromatic carbocycles. The van der Waals surface area contributed by atoms with E-state index in [1.54, 1.807) is 0 Å². The highest BCUT2D eigenvalue weighted by Gasteiger charge is 2.16. The number of amides is 2. The number of alkyl carbamates (subject to hydrolysis) is 2. The van der Waals surface area contributed by atoms with Gasteiger partial charge < -0.3 is 24.8 Å². The fourth-order valence-corrected chi connectivity index (χ4v) is 4.38. The Kier molecular flexibility index (Phi) is 17.9. The van der Waals surface area contributed by atoms with E-state index in [1.165, 1.54) is 12.7 Å². The third kappa shape index (κ3) is 20.1. The lowest BCUT2D eigenvalue weighted by Crippen LogP contribution is -2.32. The fourth-order valence-electron chi connectivity index (χ4n) is 4.38. The third-order valence-corrected chi connectivity index (χ3v) is 6.42. The summed E-state index contributed by atoms with van der Waals surface area (Å²) in [5.41, 5.74) is 0.805. The van der Waals surface area contributed by atoms with E-state index in [1.807, 2.05) is 65.8 Å². The van der Waals surface area contributed by atoms with Crippen LogP contribution in [0.4, 0.5) is 9.59 Å². The average Bonchev–Trinajstić information content (AvgIpc) is 2.89. The number of rotatable bonds is 19. The van der Waals surface area contributed by atoms with Crippen LogP contribution in [0.3, 0.4) is 0 Å². The van der Waals surface area contributed by atoms with Crippen molar-refractivity contribution in [2.24, 2.45) is 0 Å². The zero-order chi connectivity index (χ0) is 31.4. The summed E-state index contributed by atoms with van der Waals surface area (Å²) in [5, 5.41) is 5.65. The van der Waals surface area contributed by atoms with Crippen LogP contribution in [0.1, 0.15) is 122 Å². The summed E-state index contributed by atoms with van der Waals surface area (Å²) in [5.74, 6) is -0.319. The van der Waals surface area contributed by atoms with E-state index >= 15 is 0 Å². The molecule has 0 aliphatic rings. The Hall–Kier alpha value is -2.81. The second-order valence-corrected chi connectivity index (χ2v) is 12.9. The molecule has 0 bridgehead atoms. The van der Waals surface area contributed by atoms with Crippen LogP contribution in [0, 0.1) is 0 Å². The van der Waals surface area contributed by atoms with Gasteiger partial charge in [-0.15, -0.1) is 0 Å². The van der Waals surface area contributed by atoms with Crippen molar-refractivity contribution in [1.82, 2.24) is 15.5 Å². The number of nitrogens with zero attached hydrogens (tertiary/aromatic N) is 1. The molecule has 0 atom stereocenters. The van der Waals surface area contributed by atoms with Crippen molar-refractivity contribution in [3.63, 3.8) is 0 Å². The van der Waals surface area contributed by atoms with Crippen molar-refractivity contribution in [1.29, 1.82) is 0 Å². The molecule has 2 N–H and O–H groups in total. The summed E-state index contributed by atoms with van der Waals surface area (Å²) in [6.45, 7) is 15.4. The smallest absolute Gasteiger partial charge is 0.407 e. The summed E-state index contributed by atoms with van der Waals surface area (Å²) in [7, 11) is 1.40. The molecule has 1 aromatic rings. The lowest BCUT2D eigenvalue weighted by Gasteiger charge is -2.23. The number of unbranched alkanes of at least 4 members (excludes halogenated alkanes) is 8. The van der Waals surface area contributed by atoms with Crippen LogP contribution < -0.4 is 10.6 Å². The number of hydrogen-bond acceptors (Lipinski definition) is 7. The van der Waals surface area contributed by atoms with Gasteiger partial charge in [0.25, 0.3) is 0 Å². The quantitative estimate of drug-likeness (QED) is 0.0993. The molecule has 0 spiro atoms. The zero-order valence-electron chi connectivity index (χ0n) is 27.3. The Morgan fingerprint density at radius 2 is 1.05 bits per heavy atom. The Bertz CT molecular complexity index is 862. The predicted molar refractivity (Wildman–Crippen MR) is 168 cm³/mol. The maximum absolute atomic E-state index is 11.8. The lowest BCUT2D eigenvalue weighted by atomic mass is 10.1. The molecule has 9 heteroatoms. The largest absolute Gasteiger partial charge is 0.465 e. The normalized spacial score (nSPS) is 11.7. The Morgan fingerprint density at radius 3 is 1.45 bits per heavy atom. The fraction of sp³-hybridized carbons (Fsp3) is 0.727. The maximum Gasteiger partial charge on any atom is 0.407 e. The van der Waals surface area contributed by atoms with E-state index in [0.29, 0.717) is 18.7 Å². The van der Waals surface area contributed by atoms with E-state index in [4.69, 9.17) is 14.2 Å². The number of ether oxygens (including phenoxy) is 3. The Labute approximate surface area is 254 Å². The zero-order valence-corrected chi connectivity index (χ0v) is 27.3. The van der Waals surface area contributed by atoms with Crippen LogP contribution >= 0.6 is 0 Å². The van der Waals surface area contributed by atoms with Crippen LogP contribution in [-0.4, -0.2) is 67.5 Å². The highest BCUT2D eigenvalue weighted by atomic mass is 16.6. The van der Waals surface area contributed by atoms with Crippen LogP contribution in [0.15, 0.2) is 24.3 Å². The average molecular weight is 592 g/mol. The molecule has 0 saturated carbocycles. The summed E-state index contributed by atoms with van der Waals surface area (Å²) in [4.78, 5) is 37.8. The number of esters is 1. The van der Waals surface area contributed by atoms with Crippen molar-refractivity contribution in [3.8, 4) is 0 Å². The minimum atomic E-state index is -0.472. The van der Waals surface area contributed by atoms with E-state index in [0.717, 1.165) is 83.8 Å². The van der Waals surface area contributed by atoms with Crippen LogP contribution in [0.25, 0.3) is 0 Å². The first-order valence-corrected chi connectivity index (χ1v) is 15.6. The van der Waals surface area contributed by atoms with Gasteiger partial charge in [0.05, 0.1) is 12.7 Å². The van der Waals surface area contributed by atoms with E-state index < -0.39 is 11.2 Å². The van der Waals surface area contributed by atoms with Gasteiger partial charge in [-0.2, -0.15) is 0 Å². The molecule has 1 rings (SSSR count). The number of hydrogen-bond donors (Lipinski definition) is 2. The molecule has 9 nitrogen and oxygen atoms in total. The van der Waals surface area contributed by atoms with Gasteiger partial charge in [0.1, 0.15) is 11.2 Å². The minimum Gasteiger partial charge on any atom is -0.465 e. The molecule has 0 unspecified atom stereocenters. The van der Waals surface area contributed by atoms with Gasteiger partial charge in [-0.3, -0.25) is 4.90 Å². The lowest BCUT2D eigenvalue weighted by molar-refractivity contribution is 0.0515. The molecule has 0 radical (unpaired) electrons. The third-order valence-electron chi connectivity index (χ3n) is 6.42. The van der Waals surface area contributed by atoms with Gasteiger partial charge in [-0.25, -0.2) is 14.4 Å². The number of nitrogens with one attached hydrogen (secondary N) is 2. The second-order valence-electron chi connectivity index (χ2n) is 12.9. The van der Waals surface area contributed by atoms with Crippen molar-refractivity contribution >= 4 is 18.2 Å². The molecule has 42 heavy (non-hydrogen) atoms. The molecule has 0 saturated heterocycles. The van der Waals surface area contributed by atoms with Crippen LogP contribution in [0.5, 0.6) is 0 Å². The SMILES string of the molecule is COC(=O)c1ccc(CN(CCCCCCCNC(=O)OC(C)(C)C)CCCCCCCNC(=O)OC(C)(C)C)cc1. The molecular formula is C33H57N3O6. The summed E-state index contributed by atoms with van der Waals surface area (Å²) >= 11 is 0. The number of benzene rings is 1. The standard InChI is InChI=1S/C33H57N3O6/c1-32(2,3)41-30(38)34-22-14-10-8-12-16-24-36(26-27-18-20-28(21-19-27)29(37)40-7)25-17-13-9-11-15-23-35-31(39)42-33(4,5)6/h18-21H,8-17,22-26H2,1-7H3,(H,34,38)(H,35,39). The van der Waals surface area contributed by atoms with Crippen molar-refractivity contribution in [2.75, 3.05) is 33.3 Å².